The molecule has 0 bridgehead atoms. The van der Waals surface area contributed by atoms with Crippen LogP contribution in [0.5, 0.6) is 0 Å². The quantitative estimate of drug-likeness (QED) is 0.523. The van der Waals surface area contributed by atoms with E-state index < -0.39 is 18.0 Å². The van der Waals surface area contributed by atoms with E-state index >= 15 is 0 Å². The number of hydrogen-bond acceptors (Lipinski definition) is 5. The number of carboxylic acid groups (broad SMARTS) is 1. The van der Waals surface area contributed by atoms with Crippen LogP contribution in [0.2, 0.25) is 0 Å². The lowest BCUT2D eigenvalue weighted by molar-refractivity contribution is -0.141. The Bertz CT molecular complexity index is 1010. The van der Waals surface area contributed by atoms with Gasteiger partial charge in [0.2, 0.25) is 5.91 Å². The van der Waals surface area contributed by atoms with Crippen molar-refractivity contribution in [3.63, 3.8) is 0 Å². The summed E-state index contributed by atoms with van der Waals surface area (Å²) in [5, 5.41) is 14.6. The molecule has 1 aliphatic heterocycles. The van der Waals surface area contributed by atoms with Crippen molar-refractivity contribution < 1.29 is 29.0 Å². The Morgan fingerprint density at radius 3 is 2.35 bits per heavy atom. The number of fused-ring (bicyclic) bond motifs is 3. The maximum absolute atomic E-state index is 12.4. The summed E-state index contributed by atoms with van der Waals surface area (Å²) in [6.07, 6.45) is 0.310. The Hall–Kier alpha value is -3.39. The van der Waals surface area contributed by atoms with Crippen LogP contribution in [-0.2, 0) is 19.1 Å². The number of benzene rings is 2. The molecular weight excluding hydrogens is 436 g/mol. The molecule has 34 heavy (non-hydrogen) atoms. The van der Waals surface area contributed by atoms with E-state index in [1.807, 2.05) is 31.2 Å². The number of amides is 2. The highest BCUT2D eigenvalue weighted by atomic mass is 16.5. The predicted octanol–water partition coefficient (Wildman–Crippen LogP) is 3.30. The highest BCUT2D eigenvalue weighted by molar-refractivity contribution is 5.79. The van der Waals surface area contributed by atoms with Crippen LogP contribution in [0.4, 0.5) is 4.79 Å². The monoisotopic (exact) mass is 466 g/mol. The predicted molar refractivity (Wildman–Crippen MR) is 125 cm³/mol. The average Bonchev–Trinajstić information content (AvgIpc) is 3.43. The van der Waals surface area contributed by atoms with Gasteiger partial charge in [0.1, 0.15) is 6.61 Å². The number of carbonyl (C=O) groups is 3. The molecule has 2 amide bonds. The summed E-state index contributed by atoms with van der Waals surface area (Å²) in [7, 11) is 0. The summed E-state index contributed by atoms with van der Waals surface area (Å²) in [6, 6.07) is 16.1. The van der Waals surface area contributed by atoms with Gasteiger partial charge in [-0.3, -0.25) is 9.59 Å². The van der Waals surface area contributed by atoms with Crippen LogP contribution in [0.3, 0.4) is 0 Å². The zero-order valence-electron chi connectivity index (χ0n) is 19.2. The number of rotatable bonds is 9. The third kappa shape index (κ3) is 5.56. The Labute approximate surface area is 198 Å². The van der Waals surface area contributed by atoms with E-state index in [-0.39, 0.29) is 50.2 Å². The number of alkyl carbamates (subject to hydrolysis) is 1. The minimum Gasteiger partial charge on any atom is -0.481 e. The molecule has 4 rings (SSSR count). The molecule has 2 aromatic carbocycles. The van der Waals surface area contributed by atoms with E-state index in [2.05, 4.69) is 34.9 Å². The summed E-state index contributed by atoms with van der Waals surface area (Å²) in [6.45, 7) is 2.53. The maximum atomic E-state index is 12.4. The maximum Gasteiger partial charge on any atom is 0.407 e. The smallest absolute Gasteiger partial charge is 0.407 e. The minimum atomic E-state index is -0.873. The fourth-order valence-corrected chi connectivity index (χ4v) is 4.60. The number of carbonyl (C=O) groups excluding carboxylic acids is 2. The second kappa shape index (κ2) is 10.7. The molecule has 3 N–H and O–H groups in total. The van der Waals surface area contributed by atoms with Crippen LogP contribution >= 0.6 is 0 Å². The van der Waals surface area contributed by atoms with Crippen molar-refractivity contribution in [2.75, 3.05) is 19.8 Å². The Kier molecular flexibility index (Phi) is 7.47. The molecule has 0 aromatic heterocycles. The van der Waals surface area contributed by atoms with Crippen molar-refractivity contribution in [3.8, 4) is 11.1 Å². The molecule has 1 fully saturated rings. The fraction of sp³-hybridized carbons (Fsp3) is 0.423. The number of ether oxygens (including phenoxy) is 2. The van der Waals surface area contributed by atoms with Gasteiger partial charge in [-0.25, -0.2) is 4.79 Å². The molecule has 8 heteroatoms. The van der Waals surface area contributed by atoms with Crippen LogP contribution in [0.25, 0.3) is 11.1 Å². The molecule has 1 aliphatic carbocycles. The van der Waals surface area contributed by atoms with Gasteiger partial charge in [-0.2, -0.15) is 0 Å². The fourth-order valence-electron chi connectivity index (χ4n) is 4.60. The lowest BCUT2D eigenvalue weighted by atomic mass is 9.98. The third-order valence-electron chi connectivity index (χ3n) is 6.47. The normalized spacial score (nSPS) is 19.7. The Balaban J connectivity index is 1.18. The second-order valence-corrected chi connectivity index (χ2v) is 8.94. The van der Waals surface area contributed by atoms with Gasteiger partial charge in [-0.05, 0) is 42.0 Å². The van der Waals surface area contributed by atoms with Crippen molar-refractivity contribution in [1.82, 2.24) is 10.6 Å². The van der Waals surface area contributed by atoms with Crippen molar-refractivity contribution in [3.05, 3.63) is 59.7 Å². The van der Waals surface area contributed by atoms with Crippen molar-refractivity contribution >= 4 is 18.0 Å². The van der Waals surface area contributed by atoms with Crippen molar-refractivity contribution in [2.45, 2.75) is 44.2 Å². The van der Waals surface area contributed by atoms with Gasteiger partial charge in [0.15, 0.2) is 0 Å². The summed E-state index contributed by atoms with van der Waals surface area (Å²) < 4.78 is 10.9. The van der Waals surface area contributed by atoms with Crippen LogP contribution < -0.4 is 10.6 Å². The number of hydrogen-bond donors (Lipinski definition) is 3. The summed E-state index contributed by atoms with van der Waals surface area (Å²) >= 11 is 0. The van der Waals surface area contributed by atoms with E-state index in [9.17, 15) is 14.4 Å². The largest absolute Gasteiger partial charge is 0.481 e. The minimum absolute atomic E-state index is 0.00207. The van der Waals surface area contributed by atoms with Crippen molar-refractivity contribution in [1.29, 1.82) is 0 Å². The van der Waals surface area contributed by atoms with Gasteiger partial charge in [-0.1, -0.05) is 48.5 Å². The molecule has 1 unspecified atom stereocenters. The van der Waals surface area contributed by atoms with E-state index in [0.29, 0.717) is 12.8 Å². The molecule has 8 nitrogen and oxygen atoms in total. The highest BCUT2D eigenvalue weighted by Crippen LogP contribution is 2.44. The number of nitrogens with one attached hydrogen (secondary N) is 2. The molecule has 2 aromatic rings. The number of aliphatic carboxylic acids is 1. The number of carboxylic acids is 1. The third-order valence-corrected chi connectivity index (χ3v) is 6.47. The van der Waals surface area contributed by atoms with Gasteiger partial charge < -0.3 is 25.2 Å². The van der Waals surface area contributed by atoms with E-state index in [0.717, 1.165) is 11.1 Å². The second-order valence-electron chi connectivity index (χ2n) is 8.94. The summed E-state index contributed by atoms with van der Waals surface area (Å²) in [5.74, 6) is -1.55. The van der Waals surface area contributed by atoms with Crippen LogP contribution in [-0.4, -0.2) is 55.0 Å². The Morgan fingerprint density at radius 1 is 1.09 bits per heavy atom. The van der Waals surface area contributed by atoms with E-state index in [1.165, 1.54) is 11.1 Å². The molecule has 2 aliphatic rings. The van der Waals surface area contributed by atoms with Crippen LogP contribution in [0.1, 0.15) is 43.2 Å². The zero-order valence-corrected chi connectivity index (χ0v) is 19.2. The van der Waals surface area contributed by atoms with Crippen molar-refractivity contribution in [2.24, 2.45) is 5.92 Å². The molecule has 1 saturated heterocycles. The molecule has 3 atom stereocenters. The highest BCUT2D eigenvalue weighted by Gasteiger charge is 2.31. The van der Waals surface area contributed by atoms with E-state index in [4.69, 9.17) is 14.6 Å². The molecule has 1 heterocycles. The first kappa shape index (κ1) is 23.8. The average molecular weight is 467 g/mol. The first-order valence-electron chi connectivity index (χ1n) is 11.6. The summed E-state index contributed by atoms with van der Waals surface area (Å²) in [4.78, 5) is 35.4. The molecule has 0 radical (unpaired) electrons. The van der Waals surface area contributed by atoms with Gasteiger partial charge in [-0.15, -0.1) is 0 Å². The van der Waals surface area contributed by atoms with Crippen LogP contribution in [0.15, 0.2) is 48.5 Å². The van der Waals surface area contributed by atoms with Gasteiger partial charge in [0.25, 0.3) is 0 Å². The zero-order chi connectivity index (χ0) is 24.1. The Morgan fingerprint density at radius 2 is 1.74 bits per heavy atom. The SMILES string of the molecule is CC(CCC(=O)NC[C@H]1C[C@@H](C(=O)O)CO1)NC(=O)OCC1c2ccccc2-c2ccccc21. The van der Waals surface area contributed by atoms with E-state index in [1.54, 1.807) is 0 Å². The van der Waals surface area contributed by atoms with Gasteiger partial charge in [0.05, 0.1) is 18.6 Å². The lowest BCUT2D eigenvalue weighted by Crippen LogP contribution is -2.36. The first-order valence-corrected chi connectivity index (χ1v) is 11.6. The standard InChI is InChI=1S/C26H30N2O6/c1-16(10-11-24(29)27-13-18-12-17(14-33-18)25(30)31)28-26(32)34-15-23-21-8-4-2-6-19(21)20-7-3-5-9-22(20)23/h2-9,16-18,23H,10-15H2,1H3,(H,27,29)(H,28,32)(H,30,31)/t16?,17-,18-/m1/s1. The van der Waals surface area contributed by atoms with Gasteiger partial charge in [0, 0.05) is 24.9 Å². The first-order chi connectivity index (χ1) is 16.4. The molecular formula is C26H30N2O6. The van der Waals surface area contributed by atoms with Gasteiger partial charge >= 0.3 is 12.1 Å². The lowest BCUT2D eigenvalue weighted by Gasteiger charge is -2.17. The molecule has 180 valence electrons. The van der Waals surface area contributed by atoms with Crippen LogP contribution in [0, 0.1) is 5.92 Å². The topological polar surface area (TPSA) is 114 Å². The molecule has 0 spiro atoms. The summed E-state index contributed by atoms with van der Waals surface area (Å²) in [5.41, 5.74) is 4.66. The molecule has 0 saturated carbocycles.